The summed E-state index contributed by atoms with van der Waals surface area (Å²) in [4.78, 5) is 49.4. The summed E-state index contributed by atoms with van der Waals surface area (Å²) in [6, 6.07) is -3.78. The molecule has 32 heavy (non-hydrogen) atoms. The number of carbonyl (C=O) groups excluding carboxylic acids is 3. The average Bonchev–Trinajstić information content (AvgIpc) is 2.77. The first kappa shape index (κ1) is 30.5. The Bertz CT molecular complexity index is 611. The Morgan fingerprint density at radius 1 is 1.00 bits per heavy atom. The van der Waals surface area contributed by atoms with Gasteiger partial charge in [-0.3, -0.25) is 14.4 Å². The van der Waals surface area contributed by atoms with Crippen molar-refractivity contribution in [2.45, 2.75) is 70.1 Å². The molecule has 0 heterocycles. The zero-order valence-electron chi connectivity index (χ0n) is 19.1. The third-order valence-electron chi connectivity index (χ3n) is 5.14. The van der Waals surface area contributed by atoms with Crippen LogP contribution >= 0.6 is 24.4 Å². The van der Waals surface area contributed by atoms with Crippen molar-refractivity contribution in [1.29, 1.82) is 0 Å². The lowest BCUT2D eigenvalue weighted by molar-refractivity contribution is -0.142. The van der Waals surface area contributed by atoms with Crippen LogP contribution in [0.2, 0.25) is 0 Å². The molecule has 0 aliphatic heterocycles. The van der Waals surface area contributed by atoms with Gasteiger partial charge in [-0.25, -0.2) is 4.79 Å². The van der Waals surface area contributed by atoms with E-state index in [1.165, 1.54) is 0 Å². The summed E-state index contributed by atoms with van der Waals surface area (Å²) in [6.07, 6.45) is 4.41. The molecule has 0 spiro atoms. The van der Waals surface area contributed by atoms with E-state index in [0.717, 1.165) is 0 Å². The molecule has 5 atom stereocenters. The van der Waals surface area contributed by atoms with Crippen LogP contribution in [0.15, 0.2) is 0 Å². The molecular formula is C20H39N5O5S2. The number of amides is 3. The second-order valence-electron chi connectivity index (χ2n) is 7.69. The summed E-state index contributed by atoms with van der Waals surface area (Å²) >= 11 is 5.69. The summed E-state index contributed by atoms with van der Waals surface area (Å²) in [5.41, 5.74) is 11.3. The standard InChI is InChI=1S/C20H39N5O5S2/c1-4-12(2)16(25-17(26)13(22)8-10-32-3)19(28)24-15(11-31)18(27)23-14(20(29)30)7-5-6-9-21/h12-16,31H,4-11,21-22H2,1-3H3,(H,23,27)(H,24,28)(H,25,26)(H,29,30). The Balaban J connectivity index is 5.18. The highest BCUT2D eigenvalue weighted by atomic mass is 32.2. The fourth-order valence-electron chi connectivity index (χ4n) is 2.82. The molecule has 0 saturated heterocycles. The number of carboxylic acids is 1. The third kappa shape index (κ3) is 11.4. The molecule has 0 aromatic rings. The molecule has 0 aromatic heterocycles. The van der Waals surface area contributed by atoms with Gasteiger partial charge in [0.05, 0.1) is 6.04 Å². The van der Waals surface area contributed by atoms with Gasteiger partial charge in [0.1, 0.15) is 18.1 Å². The smallest absolute Gasteiger partial charge is 0.326 e. The van der Waals surface area contributed by atoms with E-state index in [2.05, 4.69) is 28.6 Å². The molecule has 3 amide bonds. The Morgan fingerprint density at radius 2 is 1.62 bits per heavy atom. The number of hydrogen-bond acceptors (Lipinski definition) is 8. The van der Waals surface area contributed by atoms with Crippen molar-refractivity contribution in [3.8, 4) is 0 Å². The highest BCUT2D eigenvalue weighted by Gasteiger charge is 2.31. The quantitative estimate of drug-likeness (QED) is 0.107. The monoisotopic (exact) mass is 493 g/mol. The van der Waals surface area contributed by atoms with Crippen molar-refractivity contribution < 1.29 is 24.3 Å². The van der Waals surface area contributed by atoms with Crippen molar-refractivity contribution in [3.63, 3.8) is 0 Å². The van der Waals surface area contributed by atoms with Crippen LogP contribution < -0.4 is 27.4 Å². The average molecular weight is 494 g/mol. The number of rotatable bonds is 17. The molecule has 0 radical (unpaired) electrons. The van der Waals surface area contributed by atoms with Gasteiger partial charge in [0, 0.05) is 5.75 Å². The van der Waals surface area contributed by atoms with Crippen molar-refractivity contribution in [1.82, 2.24) is 16.0 Å². The number of thiol groups is 1. The highest BCUT2D eigenvalue weighted by Crippen LogP contribution is 2.10. The molecule has 0 bridgehead atoms. The molecule has 8 N–H and O–H groups in total. The number of thioether (sulfide) groups is 1. The van der Waals surface area contributed by atoms with Crippen LogP contribution in [0.1, 0.15) is 46.0 Å². The largest absolute Gasteiger partial charge is 0.480 e. The zero-order chi connectivity index (χ0) is 24.7. The van der Waals surface area contributed by atoms with E-state index in [0.29, 0.717) is 38.0 Å². The normalized spacial score (nSPS) is 15.7. The molecule has 5 unspecified atom stereocenters. The van der Waals surface area contributed by atoms with Crippen molar-refractivity contribution in [2.24, 2.45) is 17.4 Å². The Kier molecular flexibility index (Phi) is 16.2. The van der Waals surface area contributed by atoms with Gasteiger partial charge >= 0.3 is 5.97 Å². The zero-order valence-corrected chi connectivity index (χ0v) is 20.8. The van der Waals surface area contributed by atoms with Gasteiger partial charge in [0.2, 0.25) is 17.7 Å². The predicted octanol–water partition coefficient (Wildman–Crippen LogP) is -0.289. The minimum Gasteiger partial charge on any atom is -0.480 e. The lowest BCUT2D eigenvalue weighted by Crippen LogP contribution is -2.59. The highest BCUT2D eigenvalue weighted by molar-refractivity contribution is 7.98. The Hall–Kier alpha value is -1.50. The number of carboxylic acid groups (broad SMARTS) is 1. The van der Waals surface area contributed by atoms with Crippen molar-refractivity contribution in [2.75, 3.05) is 24.3 Å². The van der Waals surface area contributed by atoms with Gasteiger partial charge in [0.25, 0.3) is 0 Å². The molecule has 12 heteroatoms. The Morgan fingerprint density at radius 3 is 2.12 bits per heavy atom. The molecule has 0 fully saturated rings. The first-order chi connectivity index (χ1) is 15.1. The van der Waals surface area contributed by atoms with Gasteiger partial charge in [-0.1, -0.05) is 20.3 Å². The summed E-state index contributed by atoms with van der Waals surface area (Å²) in [5.74, 6) is -2.33. The number of hydrogen-bond donors (Lipinski definition) is 7. The molecule has 0 saturated carbocycles. The number of unbranched alkanes of at least 4 members (excludes halogenated alkanes) is 1. The van der Waals surface area contributed by atoms with E-state index in [9.17, 15) is 24.3 Å². The van der Waals surface area contributed by atoms with Gasteiger partial charge in [-0.05, 0) is 50.2 Å². The van der Waals surface area contributed by atoms with Crippen LogP contribution in [-0.2, 0) is 19.2 Å². The fourth-order valence-corrected chi connectivity index (χ4v) is 3.56. The molecule has 0 aliphatic carbocycles. The molecular weight excluding hydrogens is 454 g/mol. The van der Waals surface area contributed by atoms with E-state index in [-0.39, 0.29) is 18.1 Å². The topological polar surface area (TPSA) is 177 Å². The van der Waals surface area contributed by atoms with Crippen LogP contribution in [0.4, 0.5) is 0 Å². The molecule has 0 aromatic carbocycles. The second-order valence-corrected chi connectivity index (χ2v) is 9.04. The first-order valence-corrected chi connectivity index (χ1v) is 12.8. The SMILES string of the molecule is CCC(C)C(NC(=O)C(N)CCSC)C(=O)NC(CS)C(=O)NC(CCCCN)C(=O)O. The number of carbonyl (C=O) groups is 4. The summed E-state index contributed by atoms with van der Waals surface area (Å²) in [7, 11) is 0. The number of nitrogens with two attached hydrogens (primary N) is 2. The van der Waals surface area contributed by atoms with Gasteiger partial charge in [-0.2, -0.15) is 24.4 Å². The van der Waals surface area contributed by atoms with Crippen molar-refractivity contribution >= 4 is 48.1 Å². The van der Waals surface area contributed by atoms with Gasteiger partial charge < -0.3 is 32.5 Å². The van der Waals surface area contributed by atoms with Crippen LogP contribution in [-0.4, -0.2) is 77.3 Å². The third-order valence-corrected chi connectivity index (χ3v) is 6.15. The summed E-state index contributed by atoms with van der Waals surface area (Å²) < 4.78 is 0. The predicted molar refractivity (Wildman–Crippen MR) is 131 cm³/mol. The van der Waals surface area contributed by atoms with Crippen LogP contribution in [0.3, 0.4) is 0 Å². The van der Waals surface area contributed by atoms with E-state index < -0.39 is 47.9 Å². The summed E-state index contributed by atoms with van der Waals surface area (Å²) in [6.45, 7) is 4.12. The van der Waals surface area contributed by atoms with Gasteiger partial charge in [-0.15, -0.1) is 0 Å². The molecule has 10 nitrogen and oxygen atoms in total. The summed E-state index contributed by atoms with van der Waals surface area (Å²) in [5, 5.41) is 17.1. The lowest BCUT2D eigenvalue weighted by Gasteiger charge is -2.27. The molecule has 0 rings (SSSR count). The van der Waals surface area contributed by atoms with E-state index in [4.69, 9.17) is 11.5 Å². The van der Waals surface area contributed by atoms with Crippen LogP contribution in [0.25, 0.3) is 0 Å². The van der Waals surface area contributed by atoms with E-state index in [1.807, 2.05) is 20.1 Å². The first-order valence-electron chi connectivity index (χ1n) is 10.8. The number of aliphatic carboxylic acids is 1. The van der Waals surface area contributed by atoms with Crippen LogP contribution in [0.5, 0.6) is 0 Å². The molecule has 186 valence electrons. The Labute approximate surface area is 200 Å². The maximum absolute atomic E-state index is 12.9. The number of nitrogens with one attached hydrogen (secondary N) is 3. The van der Waals surface area contributed by atoms with Crippen molar-refractivity contribution in [3.05, 3.63) is 0 Å². The van der Waals surface area contributed by atoms with Crippen LogP contribution in [0, 0.1) is 5.92 Å². The minimum absolute atomic E-state index is 0.0406. The fraction of sp³-hybridized carbons (Fsp3) is 0.800. The lowest BCUT2D eigenvalue weighted by atomic mass is 9.97. The van der Waals surface area contributed by atoms with Gasteiger partial charge in [0.15, 0.2) is 0 Å². The minimum atomic E-state index is -1.16. The van der Waals surface area contributed by atoms with E-state index >= 15 is 0 Å². The maximum Gasteiger partial charge on any atom is 0.326 e. The van der Waals surface area contributed by atoms with E-state index in [1.54, 1.807) is 11.8 Å². The maximum atomic E-state index is 12.9. The second kappa shape index (κ2) is 17.0. The molecule has 0 aliphatic rings.